The van der Waals surface area contributed by atoms with E-state index in [0.717, 1.165) is 12.1 Å². The van der Waals surface area contributed by atoms with E-state index in [4.69, 9.17) is 5.14 Å². The van der Waals surface area contributed by atoms with E-state index in [1.807, 2.05) is 0 Å². The smallest absolute Gasteiger partial charge is 0.0723 e. The first kappa shape index (κ1) is 5.20. The van der Waals surface area contributed by atoms with Gasteiger partial charge in [-0.15, -0.1) is 0 Å². The molecule has 0 rings (SSSR count). The van der Waals surface area contributed by atoms with Crippen molar-refractivity contribution < 1.29 is 0 Å². The summed E-state index contributed by atoms with van der Waals surface area (Å²) in [6.07, 6.45) is 0. The molecule has 0 radical (unpaired) electrons. The molecule has 0 aromatic carbocycles. The molecule has 0 spiro atoms. The van der Waals surface area contributed by atoms with E-state index in [9.17, 15) is 0 Å². The molecule has 5 heavy (non-hydrogen) atoms. The molecule has 0 bridgehead atoms. The number of nitrogens with one attached hydrogen (secondary N) is 1. The Hall–Kier alpha value is 0.200. The minimum Gasteiger partial charge on any atom is -0.314 e. The minimum atomic E-state index is 0.992. The van der Waals surface area contributed by atoms with E-state index in [1.54, 1.807) is 0 Å². The van der Waals surface area contributed by atoms with Gasteiger partial charge in [-0.3, -0.25) is 5.14 Å². The molecular weight excluding hydrogens is 104 g/mol. The molecule has 0 fully saturated rings. The van der Waals surface area contributed by atoms with Crippen LogP contribution in [-0.2, 0) is 0 Å². The van der Waals surface area contributed by atoms with Gasteiger partial charge in [0, 0.05) is 12.1 Å². The van der Waals surface area contributed by atoms with Crippen molar-refractivity contribution in [3.8, 4) is 0 Å². The first-order valence-electron chi connectivity index (χ1n) is 0.964. The molecule has 0 unspecified atom stereocenters. The van der Waals surface area contributed by atoms with E-state index in [-0.39, 0.29) is 0 Å². The third kappa shape index (κ3) is 4.20. The first-order chi connectivity index (χ1) is 2.41. The van der Waals surface area contributed by atoms with Crippen molar-refractivity contribution in [3.63, 3.8) is 0 Å². The molecule has 0 aliphatic heterocycles. The van der Waals surface area contributed by atoms with Gasteiger partial charge < -0.3 is 4.72 Å². The van der Waals surface area contributed by atoms with Gasteiger partial charge in [-0.05, 0) is 0 Å². The second kappa shape index (κ2) is 4.20. The highest BCUT2D eigenvalue weighted by molar-refractivity contribution is 7.96. The van der Waals surface area contributed by atoms with Gasteiger partial charge in [0.2, 0.25) is 0 Å². The van der Waals surface area contributed by atoms with E-state index < -0.39 is 0 Å². The van der Waals surface area contributed by atoms with Gasteiger partial charge in [0.15, 0.2) is 0 Å². The Morgan fingerprint density at radius 1 is 2.00 bits per heavy atom. The van der Waals surface area contributed by atoms with Crippen LogP contribution in [0.1, 0.15) is 0 Å². The summed E-state index contributed by atoms with van der Waals surface area (Å²) in [7, 11) is 0. The highest BCUT2D eigenvalue weighted by Gasteiger charge is 1.56. The monoisotopic (exact) mass is 108 g/mol. The Bertz CT molecular complexity index is 28.8. The Morgan fingerprint density at radius 2 is 2.60 bits per heavy atom. The number of rotatable bonds is 2. The maximum atomic E-state index is 4.85. The molecule has 0 aromatic rings. The Balaban J connectivity index is 2.40. The van der Waals surface area contributed by atoms with Crippen LogP contribution in [0.25, 0.3) is 0 Å². The van der Waals surface area contributed by atoms with Gasteiger partial charge in [-0.25, -0.2) is 0 Å². The lowest BCUT2D eigenvalue weighted by atomic mass is 11.6. The van der Waals surface area contributed by atoms with Crippen LogP contribution in [-0.4, -0.2) is 5.49 Å². The second-order valence-corrected chi connectivity index (χ2v) is 1.06. The lowest BCUT2D eigenvalue weighted by Gasteiger charge is -1.80. The maximum absolute atomic E-state index is 4.85. The van der Waals surface area contributed by atoms with Crippen LogP contribution in [0.5, 0.6) is 0 Å². The molecule has 0 heterocycles. The number of hydrogen-bond donors (Lipinski definition) is 2. The quantitative estimate of drug-likeness (QED) is 0.387. The Kier molecular flexibility index (Phi) is 4.37. The zero-order valence-corrected chi connectivity index (χ0v) is 4.10. The summed E-state index contributed by atoms with van der Waals surface area (Å²) in [6.45, 7) is 0. The van der Waals surface area contributed by atoms with Crippen LogP contribution < -0.4 is 9.86 Å². The average molecular weight is 108 g/mol. The van der Waals surface area contributed by atoms with Crippen molar-refractivity contribution in [2.45, 2.75) is 0 Å². The fraction of sp³-hybridized carbons (Fsp3) is 0. The fourth-order valence-corrected chi connectivity index (χ4v) is 0.250. The third-order valence-electron chi connectivity index (χ3n) is 0.116. The predicted molar refractivity (Wildman–Crippen MR) is 28.6 cm³/mol. The summed E-state index contributed by atoms with van der Waals surface area (Å²) < 4.78 is 2.50. The molecule has 30 valence electrons. The van der Waals surface area contributed by atoms with Crippen molar-refractivity contribution in [1.82, 2.24) is 4.72 Å². The van der Waals surface area contributed by atoms with Crippen LogP contribution in [0.15, 0.2) is 0 Å². The highest BCUT2D eigenvalue weighted by atomic mass is 32.2. The van der Waals surface area contributed by atoms with Crippen LogP contribution in [0.3, 0.4) is 0 Å². The van der Waals surface area contributed by atoms with Crippen molar-refractivity contribution in [1.29, 1.82) is 0 Å². The van der Waals surface area contributed by atoms with Crippen molar-refractivity contribution in [2.75, 3.05) is 0 Å². The number of thiocarbonyl (C=S) groups is 1. The van der Waals surface area contributed by atoms with E-state index in [1.165, 1.54) is 5.49 Å². The molecule has 0 amide bonds. The highest BCUT2D eigenvalue weighted by Crippen LogP contribution is 1.64. The Morgan fingerprint density at radius 3 is 2.60 bits per heavy atom. The van der Waals surface area contributed by atoms with E-state index in [2.05, 4.69) is 16.9 Å². The van der Waals surface area contributed by atoms with Gasteiger partial charge in [0.05, 0.1) is 5.49 Å². The molecule has 0 aliphatic rings. The van der Waals surface area contributed by atoms with Crippen LogP contribution in [0.4, 0.5) is 0 Å². The first-order valence-corrected chi connectivity index (χ1v) is 2.32. The number of hydrogen-bond acceptors (Lipinski definition) is 3. The molecule has 0 atom stereocenters. The molecule has 0 saturated heterocycles. The van der Waals surface area contributed by atoms with E-state index in [0.29, 0.717) is 0 Å². The van der Waals surface area contributed by atoms with Crippen molar-refractivity contribution >= 4 is 29.8 Å². The normalized spacial score (nSPS) is 6.60. The molecule has 3 N–H and O–H groups in total. The molecule has 0 aliphatic carbocycles. The summed E-state index contributed by atoms with van der Waals surface area (Å²) >= 11 is 5.31. The molecule has 2 nitrogen and oxygen atoms in total. The molecule has 0 aromatic heterocycles. The average Bonchev–Trinajstić information content (AvgIpc) is 1.41. The minimum absolute atomic E-state index is 0.992. The van der Waals surface area contributed by atoms with Gasteiger partial charge in [0.25, 0.3) is 0 Å². The fourth-order valence-electron chi connectivity index (χ4n) is 0.0278. The van der Waals surface area contributed by atoms with Gasteiger partial charge >= 0.3 is 0 Å². The Labute approximate surface area is 40.4 Å². The van der Waals surface area contributed by atoms with Crippen molar-refractivity contribution in [2.24, 2.45) is 5.14 Å². The lowest BCUT2D eigenvalue weighted by molar-refractivity contribution is 1.64. The number of nitrogens with two attached hydrogens (primary N) is 1. The van der Waals surface area contributed by atoms with Gasteiger partial charge in [0.1, 0.15) is 0 Å². The zero-order valence-electron chi connectivity index (χ0n) is 2.47. The van der Waals surface area contributed by atoms with Gasteiger partial charge in [-0.1, -0.05) is 12.2 Å². The van der Waals surface area contributed by atoms with Crippen LogP contribution >= 0.6 is 24.4 Å². The molecule has 0 saturated carbocycles. The zero-order chi connectivity index (χ0) is 4.12. The molecule has 4 heteroatoms. The standard InChI is InChI=1S/CH4N2S2/c2-5-3-1-4/h1H,2H2,(H,3,4). The maximum Gasteiger partial charge on any atom is 0.0723 e. The summed E-state index contributed by atoms with van der Waals surface area (Å²) in [6, 6.07) is 0. The lowest BCUT2D eigenvalue weighted by Crippen LogP contribution is -1.99. The van der Waals surface area contributed by atoms with Crippen LogP contribution in [0, 0.1) is 0 Å². The van der Waals surface area contributed by atoms with Crippen molar-refractivity contribution in [3.05, 3.63) is 0 Å². The van der Waals surface area contributed by atoms with E-state index >= 15 is 0 Å². The van der Waals surface area contributed by atoms with Crippen LogP contribution in [0.2, 0.25) is 0 Å². The topological polar surface area (TPSA) is 38.0 Å². The predicted octanol–water partition coefficient (Wildman–Crippen LogP) is 0.0551. The third-order valence-corrected chi connectivity index (χ3v) is 0.637. The SMILES string of the molecule is NSNC=S. The largest absolute Gasteiger partial charge is 0.314 e. The second-order valence-electron chi connectivity index (χ2n) is 0.354. The van der Waals surface area contributed by atoms with Gasteiger partial charge in [-0.2, -0.15) is 0 Å². The summed E-state index contributed by atoms with van der Waals surface area (Å²) in [5, 5.41) is 4.85. The summed E-state index contributed by atoms with van der Waals surface area (Å²) in [5.74, 6) is 0. The summed E-state index contributed by atoms with van der Waals surface area (Å²) in [5.41, 5.74) is 1.35. The summed E-state index contributed by atoms with van der Waals surface area (Å²) in [4.78, 5) is 0. The molecular formula is CH4N2S2.